The van der Waals surface area contributed by atoms with Crippen LogP contribution in [0.3, 0.4) is 0 Å². The van der Waals surface area contributed by atoms with Crippen LogP contribution in [-0.4, -0.2) is 30.9 Å². The summed E-state index contributed by atoms with van der Waals surface area (Å²) in [5.74, 6) is 0.155. The Bertz CT molecular complexity index is 418. The predicted octanol–water partition coefficient (Wildman–Crippen LogP) is 2.71. The van der Waals surface area contributed by atoms with Crippen LogP contribution in [0.15, 0.2) is 22.7 Å². The van der Waals surface area contributed by atoms with E-state index in [1.807, 2.05) is 13.0 Å². The van der Waals surface area contributed by atoms with Crippen LogP contribution >= 0.6 is 15.9 Å². The molecule has 0 spiro atoms. The van der Waals surface area contributed by atoms with Crippen LogP contribution < -0.4 is 5.32 Å². The number of carbonyl (C=O) groups is 1. The smallest absolute Gasteiger partial charge is 0.223 e. The number of amides is 1. The van der Waals surface area contributed by atoms with E-state index in [9.17, 15) is 4.79 Å². The maximum absolute atomic E-state index is 11.6. The molecule has 0 heterocycles. The molecule has 1 atom stereocenters. The van der Waals surface area contributed by atoms with E-state index in [1.165, 1.54) is 11.1 Å². The molecule has 0 aliphatic heterocycles. The SMILES string of the molecule is Cc1cc(Br)ccc1CN[C@@H](C)CC(=O)N(C)C. The van der Waals surface area contributed by atoms with Crippen molar-refractivity contribution in [3.05, 3.63) is 33.8 Å². The van der Waals surface area contributed by atoms with E-state index < -0.39 is 0 Å². The maximum Gasteiger partial charge on any atom is 0.223 e. The normalized spacial score (nSPS) is 12.3. The largest absolute Gasteiger partial charge is 0.349 e. The van der Waals surface area contributed by atoms with Crippen molar-refractivity contribution >= 4 is 21.8 Å². The highest BCUT2D eigenvalue weighted by molar-refractivity contribution is 9.10. The van der Waals surface area contributed by atoms with Crippen LogP contribution in [0.2, 0.25) is 0 Å². The van der Waals surface area contributed by atoms with E-state index in [4.69, 9.17) is 0 Å². The van der Waals surface area contributed by atoms with Crippen molar-refractivity contribution in [2.24, 2.45) is 0 Å². The number of hydrogen-bond donors (Lipinski definition) is 1. The molecule has 1 N–H and O–H groups in total. The van der Waals surface area contributed by atoms with Crippen molar-refractivity contribution in [2.45, 2.75) is 32.9 Å². The van der Waals surface area contributed by atoms with Crippen molar-refractivity contribution in [3.8, 4) is 0 Å². The van der Waals surface area contributed by atoms with Gasteiger partial charge in [-0.05, 0) is 37.1 Å². The molecule has 0 radical (unpaired) electrons. The number of aryl methyl sites for hydroxylation is 1. The first-order chi connectivity index (χ1) is 8.40. The van der Waals surface area contributed by atoms with Crippen LogP contribution in [-0.2, 0) is 11.3 Å². The Hall–Kier alpha value is -0.870. The van der Waals surface area contributed by atoms with Gasteiger partial charge in [-0.3, -0.25) is 4.79 Å². The van der Waals surface area contributed by atoms with Crippen molar-refractivity contribution in [1.82, 2.24) is 10.2 Å². The molecular weight excluding hydrogens is 292 g/mol. The zero-order chi connectivity index (χ0) is 13.7. The molecule has 0 aromatic heterocycles. The van der Waals surface area contributed by atoms with Crippen LogP contribution in [0.25, 0.3) is 0 Å². The molecule has 0 saturated carbocycles. The third-order valence-corrected chi connectivity index (χ3v) is 3.42. The highest BCUT2D eigenvalue weighted by Crippen LogP contribution is 2.15. The Morgan fingerprint density at radius 1 is 1.44 bits per heavy atom. The number of carbonyl (C=O) groups excluding carboxylic acids is 1. The molecule has 0 fully saturated rings. The summed E-state index contributed by atoms with van der Waals surface area (Å²) in [7, 11) is 3.57. The monoisotopic (exact) mass is 312 g/mol. The summed E-state index contributed by atoms with van der Waals surface area (Å²) in [4.78, 5) is 13.2. The fourth-order valence-corrected chi connectivity index (χ4v) is 2.13. The number of nitrogens with zero attached hydrogens (tertiary/aromatic N) is 1. The molecule has 18 heavy (non-hydrogen) atoms. The average molecular weight is 313 g/mol. The molecule has 100 valence electrons. The molecule has 3 nitrogen and oxygen atoms in total. The molecule has 4 heteroatoms. The number of hydrogen-bond acceptors (Lipinski definition) is 2. The summed E-state index contributed by atoms with van der Waals surface area (Å²) in [5, 5.41) is 3.38. The van der Waals surface area contributed by atoms with Gasteiger partial charge in [0.05, 0.1) is 0 Å². The number of benzene rings is 1. The molecule has 1 amide bonds. The summed E-state index contributed by atoms with van der Waals surface area (Å²) in [5.41, 5.74) is 2.52. The highest BCUT2D eigenvalue weighted by atomic mass is 79.9. The Balaban J connectivity index is 2.47. The van der Waals surface area contributed by atoms with Crippen LogP contribution in [0.4, 0.5) is 0 Å². The quantitative estimate of drug-likeness (QED) is 0.906. The third kappa shape index (κ3) is 4.78. The Labute approximate surface area is 118 Å². The second-order valence-corrected chi connectivity index (χ2v) is 5.76. The van der Waals surface area contributed by atoms with E-state index in [0.29, 0.717) is 6.42 Å². The second kappa shape index (κ2) is 6.90. The van der Waals surface area contributed by atoms with Gasteiger partial charge in [-0.1, -0.05) is 22.0 Å². The lowest BCUT2D eigenvalue weighted by Gasteiger charge is -2.17. The Morgan fingerprint density at radius 2 is 2.11 bits per heavy atom. The van der Waals surface area contributed by atoms with E-state index in [2.05, 4.69) is 40.3 Å². The third-order valence-electron chi connectivity index (χ3n) is 2.93. The molecule has 1 aromatic carbocycles. The summed E-state index contributed by atoms with van der Waals surface area (Å²) < 4.78 is 1.10. The molecule has 1 rings (SSSR count). The van der Waals surface area contributed by atoms with Gasteiger partial charge >= 0.3 is 0 Å². The fraction of sp³-hybridized carbons (Fsp3) is 0.500. The van der Waals surface area contributed by atoms with E-state index >= 15 is 0 Å². The lowest BCUT2D eigenvalue weighted by molar-refractivity contribution is -0.129. The minimum Gasteiger partial charge on any atom is -0.349 e. The minimum absolute atomic E-state index is 0.155. The Kier molecular flexibility index (Phi) is 5.82. The van der Waals surface area contributed by atoms with E-state index in [0.717, 1.165) is 11.0 Å². The van der Waals surface area contributed by atoms with E-state index in [-0.39, 0.29) is 11.9 Å². The summed E-state index contributed by atoms with van der Waals surface area (Å²) in [6.07, 6.45) is 0.530. The lowest BCUT2D eigenvalue weighted by Crippen LogP contribution is -2.33. The van der Waals surface area contributed by atoms with Gasteiger partial charge in [-0.15, -0.1) is 0 Å². The molecule has 0 aliphatic rings. The van der Waals surface area contributed by atoms with Crippen molar-refractivity contribution in [3.63, 3.8) is 0 Å². The molecule has 1 aromatic rings. The predicted molar refractivity (Wildman–Crippen MR) is 78.5 cm³/mol. The van der Waals surface area contributed by atoms with Gasteiger partial charge in [0.25, 0.3) is 0 Å². The van der Waals surface area contributed by atoms with Crippen LogP contribution in [0.5, 0.6) is 0 Å². The van der Waals surface area contributed by atoms with Crippen molar-refractivity contribution in [1.29, 1.82) is 0 Å². The molecule has 0 bridgehead atoms. The number of nitrogens with one attached hydrogen (secondary N) is 1. The first-order valence-electron chi connectivity index (χ1n) is 6.08. The first kappa shape index (κ1) is 15.2. The van der Waals surface area contributed by atoms with Gasteiger partial charge < -0.3 is 10.2 Å². The molecule has 0 unspecified atom stereocenters. The van der Waals surface area contributed by atoms with Gasteiger partial charge in [0.1, 0.15) is 0 Å². The summed E-state index contributed by atoms with van der Waals surface area (Å²) in [6, 6.07) is 6.43. The second-order valence-electron chi connectivity index (χ2n) is 4.85. The minimum atomic E-state index is 0.155. The van der Waals surface area contributed by atoms with Gasteiger partial charge in [0.2, 0.25) is 5.91 Å². The standard InChI is InChI=1S/C14H21BrN2O/c1-10-7-13(15)6-5-12(10)9-16-11(2)8-14(18)17(3)4/h5-7,11,16H,8-9H2,1-4H3/t11-/m0/s1. The fourth-order valence-electron chi connectivity index (χ4n) is 1.66. The van der Waals surface area contributed by atoms with Crippen molar-refractivity contribution < 1.29 is 4.79 Å². The van der Waals surface area contributed by atoms with Gasteiger partial charge in [0.15, 0.2) is 0 Å². The van der Waals surface area contributed by atoms with E-state index in [1.54, 1.807) is 19.0 Å². The van der Waals surface area contributed by atoms with Crippen molar-refractivity contribution in [2.75, 3.05) is 14.1 Å². The van der Waals surface area contributed by atoms with Crippen LogP contribution in [0, 0.1) is 6.92 Å². The number of halogens is 1. The lowest BCUT2D eigenvalue weighted by atomic mass is 10.1. The van der Waals surface area contributed by atoms with Gasteiger partial charge in [0, 0.05) is 37.6 Å². The topological polar surface area (TPSA) is 32.3 Å². The number of rotatable bonds is 5. The average Bonchev–Trinajstić information content (AvgIpc) is 2.27. The Morgan fingerprint density at radius 3 is 2.67 bits per heavy atom. The summed E-state index contributed by atoms with van der Waals surface area (Å²) >= 11 is 3.45. The zero-order valence-electron chi connectivity index (χ0n) is 11.5. The van der Waals surface area contributed by atoms with Gasteiger partial charge in [-0.25, -0.2) is 0 Å². The maximum atomic E-state index is 11.6. The van der Waals surface area contributed by atoms with Crippen LogP contribution in [0.1, 0.15) is 24.5 Å². The highest BCUT2D eigenvalue weighted by Gasteiger charge is 2.10. The molecular formula is C14H21BrN2O. The molecule has 0 saturated heterocycles. The molecule has 0 aliphatic carbocycles. The first-order valence-corrected chi connectivity index (χ1v) is 6.88. The zero-order valence-corrected chi connectivity index (χ0v) is 13.0. The van der Waals surface area contributed by atoms with Gasteiger partial charge in [-0.2, -0.15) is 0 Å². The summed E-state index contributed by atoms with van der Waals surface area (Å²) in [6.45, 7) is 4.92.